The van der Waals surface area contributed by atoms with Crippen LogP contribution in [0.5, 0.6) is 0 Å². The zero-order valence-corrected chi connectivity index (χ0v) is 23.1. The van der Waals surface area contributed by atoms with Crippen LogP contribution in [0.4, 0.5) is 0 Å². The highest BCUT2D eigenvalue weighted by molar-refractivity contribution is 7.95. The Morgan fingerprint density at radius 3 is 1.24 bits per heavy atom. The number of rotatable bonds is 16. The Labute approximate surface area is 225 Å². The van der Waals surface area contributed by atoms with Crippen molar-refractivity contribution >= 4 is 23.2 Å². The van der Waals surface area contributed by atoms with Crippen molar-refractivity contribution in [2.75, 3.05) is 12.8 Å². The summed E-state index contributed by atoms with van der Waals surface area (Å²) in [5, 5.41) is 4.51. The highest BCUT2D eigenvalue weighted by Gasteiger charge is 2.44. The van der Waals surface area contributed by atoms with E-state index in [1.54, 1.807) is 0 Å². The Bertz CT molecular complexity index is 1020. The first-order valence-electron chi connectivity index (χ1n) is 14.1. The molecular weight excluding hydrogens is 467 g/mol. The van der Waals surface area contributed by atoms with E-state index in [2.05, 4.69) is 121 Å². The maximum atomic E-state index is 5.82. The van der Waals surface area contributed by atoms with Gasteiger partial charge in [0.15, 0.2) is 0 Å². The van der Waals surface area contributed by atoms with E-state index < -0.39 is 7.26 Å². The first-order chi connectivity index (χ1) is 18.4. The predicted molar refractivity (Wildman–Crippen MR) is 163 cm³/mol. The monoisotopic (exact) mass is 509 g/mol. The molecule has 0 aromatic heterocycles. The van der Waals surface area contributed by atoms with E-state index in [-0.39, 0.29) is 0 Å². The molecule has 0 atom stereocenters. The Morgan fingerprint density at radius 1 is 0.405 bits per heavy atom. The molecule has 0 spiro atoms. The normalized spacial score (nSPS) is 11.5. The number of hydrogen-bond donors (Lipinski definition) is 0. The van der Waals surface area contributed by atoms with Crippen LogP contribution in [0.15, 0.2) is 121 Å². The molecule has 0 saturated heterocycles. The standard InChI is InChI=1S/C35H42OP/c1(3-5-19-29-36-31-32-21-11-7-12-22-32)2-4-6-20-30-37(33-23-13-8-14-24-33,34-25-15-9-16-26-34)35-27-17-10-18-28-35/h7-18,21-28H,1-6,19-20,29-31H2/q+1. The molecule has 0 N–H and O–H groups in total. The van der Waals surface area contributed by atoms with Crippen LogP contribution in [-0.2, 0) is 11.3 Å². The smallest absolute Gasteiger partial charge is 0.112 e. The lowest BCUT2D eigenvalue weighted by molar-refractivity contribution is 0.116. The molecular formula is C35H42OP+. The second-order valence-electron chi connectivity index (χ2n) is 9.91. The van der Waals surface area contributed by atoms with Gasteiger partial charge in [-0.25, -0.2) is 0 Å². The van der Waals surface area contributed by atoms with Crippen LogP contribution in [0.3, 0.4) is 0 Å². The highest BCUT2D eigenvalue weighted by atomic mass is 31.2. The summed E-state index contributed by atoms with van der Waals surface area (Å²) in [4.78, 5) is 0. The fourth-order valence-electron chi connectivity index (χ4n) is 5.26. The van der Waals surface area contributed by atoms with Gasteiger partial charge in [-0.05, 0) is 61.2 Å². The van der Waals surface area contributed by atoms with Crippen LogP contribution in [0.2, 0.25) is 0 Å². The quantitative estimate of drug-likeness (QED) is 0.109. The van der Waals surface area contributed by atoms with Crippen LogP contribution in [0, 0.1) is 0 Å². The third-order valence-electron chi connectivity index (χ3n) is 7.23. The minimum Gasteiger partial charge on any atom is -0.377 e. The molecule has 2 heteroatoms. The zero-order valence-electron chi connectivity index (χ0n) is 22.2. The third-order valence-corrected chi connectivity index (χ3v) is 11.8. The van der Waals surface area contributed by atoms with E-state index in [1.165, 1.54) is 79.0 Å². The lowest BCUT2D eigenvalue weighted by Crippen LogP contribution is -2.33. The van der Waals surface area contributed by atoms with Crippen LogP contribution in [-0.4, -0.2) is 12.8 Å². The largest absolute Gasteiger partial charge is 0.377 e. The second-order valence-corrected chi connectivity index (χ2v) is 13.5. The Balaban J connectivity index is 1.23. The number of unbranched alkanes of at least 4 members (excludes halogenated alkanes) is 7. The van der Waals surface area contributed by atoms with Crippen molar-refractivity contribution < 1.29 is 4.74 Å². The van der Waals surface area contributed by atoms with Crippen molar-refractivity contribution in [2.45, 2.75) is 58.0 Å². The van der Waals surface area contributed by atoms with Gasteiger partial charge in [-0.1, -0.05) is 117 Å². The number of benzene rings is 4. The van der Waals surface area contributed by atoms with E-state index >= 15 is 0 Å². The summed E-state index contributed by atoms with van der Waals surface area (Å²) in [6, 6.07) is 44.3. The molecule has 0 saturated carbocycles. The molecule has 4 aromatic carbocycles. The molecule has 0 heterocycles. The molecule has 0 fully saturated rings. The van der Waals surface area contributed by atoms with E-state index in [9.17, 15) is 0 Å². The lowest BCUT2D eigenvalue weighted by atomic mass is 10.1. The summed E-state index contributed by atoms with van der Waals surface area (Å²) in [5.41, 5.74) is 1.26. The molecule has 0 aliphatic heterocycles. The second kappa shape index (κ2) is 15.5. The minimum atomic E-state index is -1.67. The van der Waals surface area contributed by atoms with Crippen LogP contribution in [0.1, 0.15) is 56.9 Å². The summed E-state index contributed by atoms with van der Waals surface area (Å²) < 4.78 is 5.82. The highest BCUT2D eigenvalue weighted by Crippen LogP contribution is 2.56. The van der Waals surface area contributed by atoms with Crippen LogP contribution < -0.4 is 15.9 Å². The summed E-state index contributed by atoms with van der Waals surface area (Å²) in [7, 11) is -1.67. The summed E-state index contributed by atoms with van der Waals surface area (Å²) >= 11 is 0. The summed E-state index contributed by atoms with van der Waals surface area (Å²) in [6.07, 6.45) is 11.6. The fourth-order valence-corrected chi connectivity index (χ4v) is 9.67. The zero-order chi connectivity index (χ0) is 25.4. The minimum absolute atomic E-state index is 0.736. The van der Waals surface area contributed by atoms with E-state index in [0.29, 0.717) is 0 Å². The molecule has 4 rings (SSSR count). The molecule has 37 heavy (non-hydrogen) atoms. The van der Waals surface area contributed by atoms with Gasteiger partial charge in [0.25, 0.3) is 0 Å². The van der Waals surface area contributed by atoms with Crippen LogP contribution >= 0.6 is 7.26 Å². The lowest BCUT2D eigenvalue weighted by Gasteiger charge is -2.27. The molecule has 0 aliphatic rings. The first kappa shape index (κ1) is 27.3. The van der Waals surface area contributed by atoms with Gasteiger partial charge in [-0.2, -0.15) is 0 Å². The topological polar surface area (TPSA) is 9.23 Å². The third kappa shape index (κ3) is 8.13. The van der Waals surface area contributed by atoms with Gasteiger partial charge in [0.2, 0.25) is 0 Å². The summed E-state index contributed by atoms with van der Waals surface area (Å²) in [6.45, 7) is 1.61. The van der Waals surface area contributed by atoms with Gasteiger partial charge >= 0.3 is 0 Å². The molecule has 192 valence electrons. The average molecular weight is 510 g/mol. The molecule has 0 unspecified atom stereocenters. The van der Waals surface area contributed by atoms with E-state index in [4.69, 9.17) is 4.74 Å². The SMILES string of the molecule is c1ccc(COCCCCCCCCCC[P+](c2ccccc2)(c2ccccc2)c2ccccc2)cc1. The molecule has 1 nitrogen and oxygen atoms in total. The molecule has 0 aliphatic carbocycles. The Kier molecular flexibility index (Phi) is 11.4. The average Bonchev–Trinajstić information content (AvgIpc) is 2.98. The maximum Gasteiger partial charge on any atom is 0.112 e. The van der Waals surface area contributed by atoms with Gasteiger partial charge in [0.1, 0.15) is 23.2 Å². The van der Waals surface area contributed by atoms with Gasteiger partial charge in [-0.3, -0.25) is 0 Å². The maximum absolute atomic E-state index is 5.82. The van der Waals surface area contributed by atoms with Crippen molar-refractivity contribution in [1.82, 2.24) is 0 Å². The molecule has 0 radical (unpaired) electrons. The molecule has 0 bridgehead atoms. The van der Waals surface area contributed by atoms with Crippen molar-refractivity contribution in [3.8, 4) is 0 Å². The number of ether oxygens (including phenoxy) is 1. The van der Waals surface area contributed by atoms with Crippen molar-refractivity contribution in [1.29, 1.82) is 0 Å². The van der Waals surface area contributed by atoms with E-state index in [0.717, 1.165) is 13.2 Å². The van der Waals surface area contributed by atoms with Gasteiger partial charge < -0.3 is 4.74 Å². The van der Waals surface area contributed by atoms with Crippen molar-refractivity contribution in [3.63, 3.8) is 0 Å². The fraction of sp³-hybridized carbons (Fsp3) is 0.314. The predicted octanol–water partition coefficient (Wildman–Crippen LogP) is 8.32. The van der Waals surface area contributed by atoms with Gasteiger partial charge in [-0.15, -0.1) is 0 Å². The Hall–Kier alpha value is -2.73. The number of hydrogen-bond acceptors (Lipinski definition) is 1. The van der Waals surface area contributed by atoms with E-state index in [1.807, 2.05) is 0 Å². The van der Waals surface area contributed by atoms with Gasteiger partial charge in [0, 0.05) is 6.61 Å². The summed E-state index contributed by atoms with van der Waals surface area (Å²) in [5.74, 6) is 0. The van der Waals surface area contributed by atoms with Crippen molar-refractivity contribution in [2.24, 2.45) is 0 Å². The van der Waals surface area contributed by atoms with Crippen LogP contribution in [0.25, 0.3) is 0 Å². The van der Waals surface area contributed by atoms with Gasteiger partial charge in [0.05, 0.1) is 12.8 Å². The molecule has 4 aromatic rings. The Morgan fingerprint density at radius 2 is 0.784 bits per heavy atom. The molecule has 0 amide bonds. The van der Waals surface area contributed by atoms with Crippen molar-refractivity contribution in [3.05, 3.63) is 127 Å². The first-order valence-corrected chi connectivity index (χ1v) is 16.0.